The monoisotopic (exact) mass is 261 g/mol. The van der Waals surface area contributed by atoms with Crippen LogP contribution in [0, 0.1) is 17.2 Å². The summed E-state index contributed by atoms with van der Waals surface area (Å²) in [6.45, 7) is 1.64. The molecule has 1 aromatic heterocycles. The van der Waals surface area contributed by atoms with E-state index in [2.05, 4.69) is 16.0 Å². The predicted molar refractivity (Wildman–Crippen MR) is 69.6 cm³/mol. The van der Waals surface area contributed by atoms with Gasteiger partial charge in [0, 0.05) is 30.1 Å². The number of nitrogens with zero attached hydrogens (tertiary/aromatic N) is 3. The lowest BCUT2D eigenvalue weighted by molar-refractivity contribution is 0.455. The van der Waals surface area contributed by atoms with E-state index in [0.717, 1.165) is 31.4 Å². The van der Waals surface area contributed by atoms with E-state index in [0.29, 0.717) is 16.6 Å². The number of nitriles is 1. The highest BCUT2D eigenvalue weighted by Crippen LogP contribution is 2.27. The highest BCUT2D eigenvalue weighted by atomic mass is 35.5. The Bertz CT molecular complexity index is 608. The second-order valence-electron chi connectivity index (χ2n) is 4.50. The van der Waals surface area contributed by atoms with Crippen LogP contribution >= 0.6 is 11.6 Å². The van der Waals surface area contributed by atoms with Crippen LogP contribution in [0.2, 0.25) is 5.02 Å². The topological polar surface area (TPSA) is 53.1 Å². The SMILES string of the molecule is N#CC1CCN(c2nc3ccc(Cl)cc3o2)CC1. The number of hydrogen-bond donors (Lipinski definition) is 0. The van der Waals surface area contributed by atoms with Gasteiger partial charge in [0.25, 0.3) is 6.01 Å². The van der Waals surface area contributed by atoms with Gasteiger partial charge in [-0.15, -0.1) is 0 Å². The van der Waals surface area contributed by atoms with Crippen molar-refractivity contribution in [2.45, 2.75) is 12.8 Å². The summed E-state index contributed by atoms with van der Waals surface area (Å²) in [5.74, 6) is 0.167. The van der Waals surface area contributed by atoms with Crippen molar-refractivity contribution < 1.29 is 4.42 Å². The van der Waals surface area contributed by atoms with Gasteiger partial charge in [0.2, 0.25) is 0 Å². The number of hydrogen-bond acceptors (Lipinski definition) is 4. The average Bonchev–Trinajstić information content (AvgIpc) is 2.81. The van der Waals surface area contributed by atoms with E-state index in [9.17, 15) is 0 Å². The summed E-state index contributed by atoms with van der Waals surface area (Å²) in [6, 6.07) is 8.37. The Labute approximate surface area is 110 Å². The number of halogens is 1. The summed E-state index contributed by atoms with van der Waals surface area (Å²) >= 11 is 5.91. The second-order valence-corrected chi connectivity index (χ2v) is 4.94. The highest BCUT2D eigenvalue weighted by molar-refractivity contribution is 6.31. The van der Waals surface area contributed by atoms with Gasteiger partial charge in [0.15, 0.2) is 5.58 Å². The first-order valence-corrected chi connectivity index (χ1v) is 6.35. The van der Waals surface area contributed by atoms with E-state index in [4.69, 9.17) is 21.3 Å². The van der Waals surface area contributed by atoms with Crippen LogP contribution in [-0.2, 0) is 0 Å². The Morgan fingerprint density at radius 3 is 2.89 bits per heavy atom. The zero-order chi connectivity index (χ0) is 12.5. The fourth-order valence-corrected chi connectivity index (χ4v) is 2.38. The molecule has 1 aromatic carbocycles. The number of aromatic nitrogens is 1. The van der Waals surface area contributed by atoms with Crippen molar-refractivity contribution in [3.8, 4) is 6.07 Å². The molecule has 18 heavy (non-hydrogen) atoms. The quantitative estimate of drug-likeness (QED) is 0.791. The van der Waals surface area contributed by atoms with E-state index >= 15 is 0 Å². The van der Waals surface area contributed by atoms with Crippen molar-refractivity contribution in [3.63, 3.8) is 0 Å². The lowest BCUT2D eigenvalue weighted by Gasteiger charge is -2.27. The molecule has 2 heterocycles. The number of rotatable bonds is 1. The minimum atomic E-state index is 0.167. The van der Waals surface area contributed by atoms with Crippen molar-refractivity contribution in [2.24, 2.45) is 5.92 Å². The first kappa shape index (κ1) is 11.4. The van der Waals surface area contributed by atoms with Crippen molar-refractivity contribution >= 4 is 28.7 Å². The fourth-order valence-electron chi connectivity index (χ4n) is 2.22. The summed E-state index contributed by atoms with van der Waals surface area (Å²) in [7, 11) is 0. The predicted octanol–water partition coefficient (Wildman–Crippen LogP) is 3.22. The molecule has 0 unspecified atom stereocenters. The van der Waals surface area contributed by atoms with Crippen LogP contribution in [0.4, 0.5) is 6.01 Å². The largest absolute Gasteiger partial charge is 0.423 e. The summed E-state index contributed by atoms with van der Waals surface area (Å²) in [5.41, 5.74) is 1.52. The molecular weight excluding hydrogens is 250 g/mol. The van der Waals surface area contributed by atoms with E-state index in [-0.39, 0.29) is 5.92 Å². The number of piperidine rings is 1. The molecule has 0 atom stereocenters. The third kappa shape index (κ3) is 2.02. The zero-order valence-corrected chi connectivity index (χ0v) is 10.5. The molecule has 2 aromatic rings. The molecule has 92 valence electrons. The zero-order valence-electron chi connectivity index (χ0n) is 9.77. The van der Waals surface area contributed by atoms with Gasteiger partial charge in [-0.1, -0.05) is 11.6 Å². The molecule has 0 N–H and O–H groups in total. The summed E-state index contributed by atoms with van der Waals surface area (Å²) in [4.78, 5) is 6.53. The van der Waals surface area contributed by atoms with E-state index in [1.54, 1.807) is 12.1 Å². The molecule has 0 saturated carbocycles. The lowest BCUT2D eigenvalue weighted by atomic mass is 9.99. The van der Waals surface area contributed by atoms with Gasteiger partial charge in [-0.3, -0.25) is 0 Å². The summed E-state index contributed by atoms with van der Waals surface area (Å²) < 4.78 is 5.70. The van der Waals surface area contributed by atoms with Gasteiger partial charge in [-0.05, 0) is 25.0 Å². The molecule has 4 nitrogen and oxygen atoms in total. The van der Waals surface area contributed by atoms with Crippen LogP contribution in [0.1, 0.15) is 12.8 Å². The molecule has 1 aliphatic rings. The summed E-state index contributed by atoms with van der Waals surface area (Å²) in [5, 5.41) is 9.52. The molecule has 0 bridgehead atoms. The van der Waals surface area contributed by atoms with Crippen molar-refractivity contribution in [1.29, 1.82) is 5.26 Å². The molecule has 1 fully saturated rings. The maximum absolute atomic E-state index is 8.87. The van der Waals surface area contributed by atoms with Crippen LogP contribution in [0.5, 0.6) is 0 Å². The number of benzene rings is 1. The second kappa shape index (κ2) is 4.51. The third-order valence-corrected chi connectivity index (χ3v) is 3.52. The van der Waals surface area contributed by atoms with E-state index in [1.807, 2.05) is 6.07 Å². The van der Waals surface area contributed by atoms with Gasteiger partial charge >= 0.3 is 0 Å². The Balaban J connectivity index is 1.85. The molecule has 5 heteroatoms. The van der Waals surface area contributed by atoms with Crippen molar-refractivity contribution in [2.75, 3.05) is 18.0 Å². The smallest absolute Gasteiger partial charge is 0.298 e. The van der Waals surface area contributed by atoms with Gasteiger partial charge in [0.05, 0.1) is 6.07 Å². The van der Waals surface area contributed by atoms with Gasteiger partial charge in [-0.25, -0.2) is 0 Å². The van der Waals surface area contributed by atoms with Crippen LogP contribution in [0.15, 0.2) is 22.6 Å². The van der Waals surface area contributed by atoms with Gasteiger partial charge in [0.1, 0.15) is 5.52 Å². The fraction of sp³-hybridized carbons (Fsp3) is 0.385. The Morgan fingerprint density at radius 2 is 2.17 bits per heavy atom. The minimum absolute atomic E-state index is 0.167. The number of anilines is 1. The standard InChI is InChI=1S/C13H12ClN3O/c14-10-1-2-11-12(7-10)18-13(16-11)17-5-3-9(8-15)4-6-17/h1-2,7,9H,3-6H2. The maximum atomic E-state index is 8.87. The average molecular weight is 262 g/mol. The maximum Gasteiger partial charge on any atom is 0.298 e. The van der Waals surface area contributed by atoms with Crippen molar-refractivity contribution in [1.82, 2.24) is 4.98 Å². The Hall–Kier alpha value is -1.73. The molecule has 0 amide bonds. The molecule has 0 spiro atoms. The van der Waals surface area contributed by atoms with Crippen LogP contribution in [0.25, 0.3) is 11.1 Å². The molecular formula is C13H12ClN3O. The minimum Gasteiger partial charge on any atom is -0.423 e. The Kier molecular flexibility index (Phi) is 2.85. The summed E-state index contributed by atoms with van der Waals surface area (Å²) in [6.07, 6.45) is 1.74. The van der Waals surface area contributed by atoms with Crippen LogP contribution < -0.4 is 4.90 Å². The molecule has 1 saturated heterocycles. The van der Waals surface area contributed by atoms with Gasteiger partial charge in [-0.2, -0.15) is 10.2 Å². The molecule has 3 rings (SSSR count). The molecule has 1 aliphatic heterocycles. The van der Waals surface area contributed by atoms with E-state index < -0.39 is 0 Å². The highest BCUT2D eigenvalue weighted by Gasteiger charge is 2.22. The van der Waals surface area contributed by atoms with E-state index in [1.165, 1.54) is 0 Å². The molecule has 0 radical (unpaired) electrons. The van der Waals surface area contributed by atoms with Crippen LogP contribution in [0.3, 0.4) is 0 Å². The van der Waals surface area contributed by atoms with Gasteiger partial charge < -0.3 is 9.32 Å². The first-order chi connectivity index (χ1) is 8.76. The first-order valence-electron chi connectivity index (χ1n) is 5.97. The lowest BCUT2D eigenvalue weighted by Crippen LogP contribution is -2.33. The molecule has 0 aliphatic carbocycles. The van der Waals surface area contributed by atoms with Crippen LogP contribution in [-0.4, -0.2) is 18.1 Å². The number of fused-ring (bicyclic) bond motifs is 1. The Morgan fingerprint density at radius 1 is 1.39 bits per heavy atom. The normalized spacial score (nSPS) is 17.0. The van der Waals surface area contributed by atoms with Crippen molar-refractivity contribution in [3.05, 3.63) is 23.2 Å². The number of oxazole rings is 1. The third-order valence-electron chi connectivity index (χ3n) is 3.29.